The highest BCUT2D eigenvalue weighted by Gasteiger charge is 2.52. The Labute approximate surface area is 141 Å². The van der Waals surface area contributed by atoms with Crippen molar-refractivity contribution in [1.82, 2.24) is 4.90 Å². The van der Waals surface area contributed by atoms with E-state index in [-0.39, 0.29) is 5.75 Å². The third-order valence-corrected chi connectivity index (χ3v) is 3.39. The highest BCUT2D eigenvalue weighted by atomic mass is 19.3. The van der Waals surface area contributed by atoms with Crippen molar-refractivity contribution in [3.63, 3.8) is 0 Å². The minimum Gasteiger partial charge on any atom is -0.482 e. The van der Waals surface area contributed by atoms with Gasteiger partial charge in [-0.3, -0.25) is 4.90 Å². The van der Waals surface area contributed by atoms with Crippen molar-refractivity contribution in [2.45, 2.75) is 44.8 Å². The molecule has 25 heavy (non-hydrogen) atoms. The summed E-state index contributed by atoms with van der Waals surface area (Å²) in [6, 6.07) is 2.37. The summed E-state index contributed by atoms with van der Waals surface area (Å²) in [5.41, 5.74) is -1.79. The normalized spacial score (nSPS) is 20.0. The van der Waals surface area contributed by atoms with E-state index in [1.807, 2.05) is 0 Å². The van der Waals surface area contributed by atoms with Gasteiger partial charge in [0.15, 0.2) is 6.10 Å². The largest absolute Gasteiger partial charge is 0.482 e. The van der Waals surface area contributed by atoms with E-state index in [0.717, 1.165) is 17.0 Å². The van der Waals surface area contributed by atoms with Gasteiger partial charge in [-0.1, -0.05) is 0 Å². The topological polar surface area (TPSA) is 38.8 Å². The van der Waals surface area contributed by atoms with Crippen molar-refractivity contribution in [1.29, 1.82) is 0 Å². The van der Waals surface area contributed by atoms with Crippen LogP contribution in [0.25, 0.3) is 0 Å². The highest BCUT2D eigenvalue weighted by Crippen LogP contribution is 2.33. The van der Waals surface area contributed by atoms with Crippen LogP contribution in [0.1, 0.15) is 32.8 Å². The number of nitrogens with zero attached hydrogens (tertiary/aromatic N) is 1. The quantitative estimate of drug-likeness (QED) is 0.744. The van der Waals surface area contributed by atoms with Crippen LogP contribution in [0.2, 0.25) is 0 Å². The summed E-state index contributed by atoms with van der Waals surface area (Å²) < 4.78 is 76.9. The number of halogens is 5. The lowest BCUT2D eigenvalue weighted by Gasteiger charge is -2.24. The maximum atomic E-state index is 14.1. The van der Waals surface area contributed by atoms with Gasteiger partial charge < -0.3 is 9.47 Å². The Bertz CT molecular complexity index is 645. The van der Waals surface area contributed by atoms with E-state index >= 15 is 0 Å². The molecule has 0 aliphatic carbocycles. The maximum Gasteiger partial charge on any atom is 0.410 e. The second-order valence-electron chi connectivity index (χ2n) is 6.71. The SMILES string of the molecule is CC(C)(C)OC(=O)N1C[C@H](Oc2ccc(F)c(C(F)F)c2)C(F)(F)C1. The van der Waals surface area contributed by atoms with Gasteiger partial charge in [-0.05, 0) is 39.0 Å². The maximum absolute atomic E-state index is 14.1. The molecular weight excluding hydrogens is 349 g/mol. The molecule has 0 spiro atoms. The Balaban J connectivity index is 2.12. The van der Waals surface area contributed by atoms with Crippen LogP contribution in [0.15, 0.2) is 18.2 Å². The molecule has 1 saturated heterocycles. The molecule has 0 saturated carbocycles. The predicted octanol–water partition coefficient (Wildman–Crippen LogP) is 4.40. The standard InChI is InChI=1S/C16H18F5NO3/c1-15(2,3)25-14(23)22-7-12(16(20,21)8-22)24-9-4-5-11(17)10(6-9)13(18)19/h4-6,12-13H,7-8H2,1-3H3/t12-/m0/s1. The monoisotopic (exact) mass is 367 g/mol. The lowest BCUT2D eigenvalue weighted by molar-refractivity contribution is -0.0624. The van der Waals surface area contributed by atoms with Gasteiger partial charge >= 0.3 is 12.0 Å². The van der Waals surface area contributed by atoms with E-state index in [2.05, 4.69) is 0 Å². The lowest BCUT2D eigenvalue weighted by Crippen LogP contribution is -2.36. The molecule has 1 amide bonds. The van der Waals surface area contributed by atoms with E-state index < -0.39 is 54.6 Å². The Morgan fingerprint density at radius 3 is 2.52 bits per heavy atom. The minimum absolute atomic E-state index is 0.326. The van der Waals surface area contributed by atoms with Crippen LogP contribution in [0, 0.1) is 5.82 Å². The summed E-state index contributed by atoms with van der Waals surface area (Å²) >= 11 is 0. The molecule has 0 radical (unpaired) electrons. The summed E-state index contributed by atoms with van der Waals surface area (Å²) in [5, 5.41) is 0. The van der Waals surface area contributed by atoms with Crippen molar-refractivity contribution >= 4 is 6.09 Å². The number of hydrogen-bond donors (Lipinski definition) is 0. The van der Waals surface area contributed by atoms with Crippen LogP contribution in [-0.2, 0) is 4.74 Å². The molecule has 1 aromatic carbocycles. The molecule has 9 heteroatoms. The zero-order valence-electron chi connectivity index (χ0n) is 13.9. The number of hydrogen-bond acceptors (Lipinski definition) is 3. The number of carbonyl (C=O) groups is 1. The predicted molar refractivity (Wildman–Crippen MR) is 78.5 cm³/mol. The van der Waals surface area contributed by atoms with Crippen LogP contribution in [0.3, 0.4) is 0 Å². The van der Waals surface area contributed by atoms with E-state index in [1.54, 1.807) is 20.8 Å². The van der Waals surface area contributed by atoms with Gasteiger partial charge in [-0.15, -0.1) is 0 Å². The molecule has 1 aliphatic heterocycles. The molecule has 1 aliphatic rings. The zero-order chi connectivity index (χ0) is 19.0. The number of benzene rings is 1. The fourth-order valence-corrected chi connectivity index (χ4v) is 2.27. The van der Waals surface area contributed by atoms with E-state index in [0.29, 0.717) is 6.07 Å². The lowest BCUT2D eigenvalue weighted by atomic mass is 10.2. The van der Waals surface area contributed by atoms with Crippen molar-refractivity contribution < 1.29 is 36.2 Å². The molecule has 0 aromatic heterocycles. The second kappa shape index (κ2) is 6.68. The van der Waals surface area contributed by atoms with Crippen LogP contribution >= 0.6 is 0 Å². The van der Waals surface area contributed by atoms with Crippen LogP contribution in [-0.4, -0.2) is 41.7 Å². The minimum atomic E-state index is -3.41. The van der Waals surface area contributed by atoms with Crippen LogP contribution in [0.5, 0.6) is 5.75 Å². The number of ether oxygens (including phenoxy) is 2. The van der Waals surface area contributed by atoms with Crippen LogP contribution in [0.4, 0.5) is 26.7 Å². The average molecular weight is 367 g/mol. The Kier molecular flexibility index (Phi) is 5.15. The molecule has 1 atom stereocenters. The molecule has 0 bridgehead atoms. The zero-order valence-corrected chi connectivity index (χ0v) is 13.9. The van der Waals surface area contributed by atoms with E-state index in [9.17, 15) is 26.7 Å². The fourth-order valence-electron chi connectivity index (χ4n) is 2.27. The first-order valence-electron chi connectivity index (χ1n) is 7.49. The van der Waals surface area contributed by atoms with Crippen molar-refractivity contribution in [2.24, 2.45) is 0 Å². The number of amides is 1. The van der Waals surface area contributed by atoms with Gasteiger partial charge in [0.25, 0.3) is 6.43 Å². The van der Waals surface area contributed by atoms with Crippen molar-refractivity contribution in [3.8, 4) is 5.75 Å². The average Bonchev–Trinajstić information content (AvgIpc) is 2.74. The number of carbonyl (C=O) groups excluding carboxylic acids is 1. The van der Waals surface area contributed by atoms with Crippen molar-refractivity contribution in [3.05, 3.63) is 29.6 Å². The highest BCUT2D eigenvalue weighted by molar-refractivity contribution is 5.68. The van der Waals surface area contributed by atoms with Crippen LogP contribution < -0.4 is 4.74 Å². The third kappa shape index (κ3) is 4.73. The summed E-state index contributed by atoms with van der Waals surface area (Å²) in [4.78, 5) is 12.7. The van der Waals surface area contributed by atoms with Gasteiger partial charge in [-0.2, -0.15) is 0 Å². The Hall–Kier alpha value is -2.06. The van der Waals surface area contributed by atoms with E-state index in [4.69, 9.17) is 9.47 Å². The molecule has 1 heterocycles. The van der Waals surface area contributed by atoms with Crippen molar-refractivity contribution in [2.75, 3.05) is 13.1 Å². The first-order valence-corrected chi connectivity index (χ1v) is 7.49. The third-order valence-electron chi connectivity index (χ3n) is 3.39. The summed E-state index contributed by atoms with van der Waals surface area (Å²) in [5.74, 6) is -4.89. The summed E-state index contributed by atoms with van der Waals surface area (Å²) in [7, 11) is 0. The molecule has 4 nitrogen and oxygen atoms in total. The van der Waals surface area contributed by atoms with Gasteiger partial charge in [-0.25, -0.2) is 26.7 Å². The second-order valence-corrected chi connectivity index (χ2v) is 6.71. The number of likely N-dealkylation sites (tertiary alicyclic amines) is 1. The Morgan fingerprint density at radius 1 is 1.32 bits per heavy atom. The molecule has 2 rings (SSSR count). The number of alkyl halides is 4. The molecular formula is C16H18F5NO3. The smallest absolute Gasteiger partial charge is 0.410 e. The van der Waals surface area contributed by atoms with Gasteiger partial charge in [0.05, 0.1) is 18.7 Å². The first-order chi connectivity index (χ1) is 11.4. The molecule has 1 fully saturated rings. The molecule has 0 N–H and O–H groups in total. The van der Waals surface area contributed by atoms with Gasteiger partial charge in [0.1, 0.15) is 17.2 Å². The first kappa shape index (κ1) is 19.3. The summed E-state index contributed by atoms with van der Waals surface area (Å²) in [6.45, 7) is 3.38. The number of rotatable bonds is 3. The van der Waals surface area contributed by atoms with Gasteiger partial charge in [0, 0.05) is 0 Å². The summed E-state index contributed by atoms with van der Waals surface area (Å²) in [6.07, 6.45) is -5.78. The van der Waals surface area contributed by atoms with E-state index in [1.165, 1.54) is 0 Å². The molecule has 140 valence electrons. The Morgan fingerprint density at radius 2 is 1.96 bits per heavy atom. The molecule has 1 aromatic rings. The fraction of sp³-hybridized carbons (Fsp3) is 0.562. The molecule has 0 unspecified atom stereocenters. The van der Waals surface area contributed by atoms with Gasteiger partial charge in [0.2, 0.25) is 0 Å².